The molecule has 1 aliphatic rings. The minimum absolute atomic E-state index is 0.0986. The lowest BCUT2D eigenvalue weighted by Gasteiger charge is -2.25. The second-order valence-corrected chi connectivity index (χ2v) is 6.98. The quantitative estimate of drug-likeness (QED) is 0.336. The van der Waals surface area contributed by atoms with Gasteiger partial charge in [-0.3, -0.25) is 9.59 Å². The van der Waals surface area contributed by atoms with Crippen LogP contribution in [0.4, 0.5) is 0 Å². The number of aryl methyl sites for hydroxylation is 1. The first-order valence-electron chi connectivity index (χ1n) is 9.46. The van der Waals surface area contributed by atoms with Crippen molar-refractivity contribution in [3.8, 4) is 5.75 Å². The molecule has 152 valence electrons. The molecule has 1 amide bonds. The highest BCUT2D eigenvalue weighted by atomic mass is 16.5. The Morgan fingerprint density at radius 2 is 1.69 bits per heavy atom. The Bertz CT molecular complexity index is 915. The van der Waals surface area contributed by atoms with Crippen LogP contribution in [0.2, 0.25) is 0 Å². The van der Waals surface area contributed by atoms with Crippen LogP contribution in [0.3, 0.4) is 0 Å². The van der Waals surface area contributed by atoms with Crippen molar-refractivity contribution < 1.29 is 24.2 Å². The number of ketones is 1. The molecule has 0 aliphatic carbocycles. The molecule has 1 heterocycles. The van der Waals surface area contributed by atoms with Crippen molar-refractivity contribution in [2.45, 2.75) is 19.4 Å². The number of benzene rings is 2. The summed E-state index contributed by atoms with van der Waals surface area (Å²) in [6.07, 6.45) is 0.592. The third-order valence-corrected chi connectivity index (χ3v) is 5.04. The molecular weight excluding hydrogens is 370 g/mol. The molecule has 0 radical (unpaired) electrons. The summed E-state index contributed by atoms with van der Waals surface area (Å²) in [6.45, 7) is 2.80. The number of methoxy groups -OCH3 is 2. The molecule has 29 heavy (non-hydrogen) atoms. The highest BCUT2D eigenvalue weighted by Crippen LogP contribution is 2.39. The van der Waals surface area contributed by atoms with Gasteiger partial charge >= 0.3 is 0 Å². The van der Waals surface area contributed by atoms with Crippen LogP contribution in [0.25, 0.3) is 5.76 Å². The Balaban J connectivity index is 2.09. The molecule has 2 aromatic rings. The van der Waals surface area contributed by atoms with Gasteiger partial charge < -0.3 is 19.5 Å². The number of hydrogen-bond donors (Lipinski definition) is 1. The average Bonchev–Trinajstić information content (AvgIpc) is 2.99. The number of hydrogen-bond acceptors (Lipinski definition) is 5. The summed E-state index contributed by atoms with van der Waals surface area (Å²) in [5.74, 6) is -0.842. The van der Waals surface area contributed by atoms with Gasteiger partial charge in [-0.2, -0.15) is 0 Å². The number of likely N-dealkylation sites (tertiary alicyclic amines) is 1. The SMILES string of the molecule is COCCCN1C(=O)C(=O)C(=C(O)c2ccc(OC)cc2)[C@H]1c1ccc(C)cc1. The molecule has 0 spiro atoms. The number of ether oxygens (including phenoxy) is 2. The van der Waals surface area contributed by atoms with E-state index in [0.717, 1.165) is 11.1 Å². The van der Waals surface area contributed by atoms with Crippen LogP contribution in [0, 0.1) is 6.92 Å². The molecule has 2 aromatic carbocycles. The van der Waals surface area contributed by atoms with Crippen LogP contribution in [-0.4, -0.2) is 49.1 Å². The molecule has 1 saturated heterocycles. The van der Waals surface area contributed by atoms with E-state index in [1.54, 1.807) is 38.5 Å². The molecule has 0 aromatic heterocycles. The lowest BCUT2D eigenvalue weighted by atomic mass is 9.94. The zero-order valence-corrected chi connectivity index (χ0v) is 16.8. The number of amides is 1. The van der Waals surface area contributed by atoms with Crippen molar-refractivity contribution >= 4 is 17.4 Å². The highest BCUT2D eigenvalue weighted by Gasteiger charge is 2.45. The highest BCUT2D eigenvalue weighted by molar-refractivity contribution is 6.46. The molecule has 1 atom stereocenters. The third-order valence-electron chi connectivity index (χ3n) is 5.04. The number of aliphatic hydroxyl groups is 1. The van der Waals surface area contributed by atoms with Crippen molar-refractivity contribution in [3.05, 3.63) is 70.8 Å². The fourth-order valence-corrected chi connectivity index (χ4v) is 3.49. The van der Waals surface area contributed by atoms with E-state index in [9.17, 15) is 14.7 Å². The van der Waals surface area contributed by atoms with Gasteiger partial charge in [-0.05, 0) is 43.2 Å². The van der Waals surface area contributed by atoms with E-state index < -0.39 is 17.7 Å². The lowest BCUT2D eigenvalue weighted by Crippen LogP contribution is -2.31. The Morgan fingerprint density at radius 3 is 2.28 bits per heavy atom. The lowest BCUT2D eigenvalue weighted by molar-refractivity contribution is -0.140. The normalized spacial score (nSPS) is 18.3. The van der Waals surface area contributed by atoms with Crippen LogP contribution in [-0.2, 0) is 14.3 Å². The van der Waals surface area contributed by atoms with Gasteiger partial charge in [-0.25, -0.2) is 0 Å². The topological polar surface area (TPSA) is 76.1 Å². The van der Waals surface area contributed by atoms with Crippen molar-refractivity contribution in [1.29, 1.82) is 0 Å². The van der Waals surface area contributed by atoms with Crippen molar-refractivity contribution in [1.82, 2.24) is 4.90 Å². The maximum absolute atomic E-state index is 12.9. The fraction of sp³-hybridized carbons (Fsp3) is 0.304. The van der Waals surface area contributed by atoms with Gasteiger partial charge in [0.2, 0.25) is 0 Å². The fourth-order valence-electron chi connectivity index (χ4n) is 3.49. The summed E-state index contributed by atoms with van der Waals surface area (Å²) >= 11 is 0. The van der Waals surface area contributed by atoms with Crippen molar-refractivity contribution in [2.75, 3.05) is 27.4 Å². The third kappa shape index (κ3) is 4.17. The van der Waals surface area contributed by atoms with Gasteiger partial charge in [0.15, 0.2) is 0 Å². The predicted molar refractivity (Wildman–Crippen MR) is 110 cm³/mol. The zero-order valence-electron chi connectivity index (χ0n) is 16.8. The Kier molecular flexibility index (Phi) is 6.34. The maximum atomic E-state index is 12.9. The minimum atomic E-state index is -0.679. The molecule has 0 bridgehead atoms. The first-order chi connectivity index (χ1) is 14.0. The van der Waals surface area contributed by atoms with E-state index in [-0.39, 0.29) is 11.3 Å². The number of nitrogens with zero attached hydrogens (tertiary/aromatic N) is 1. The minimum Gasteiger partial charge on any atom is -0.507 e. The van der Waals surface area contributed by atoms with Crippen LogP contribution in [0.5, 0.6) is 5.75 Å². The maximum Gasteiger partial charge on any atom is 0.295 e. The van der Waals surface area contributed by atoms with Crippen LogP contribution < -0.4 is 4.74 Å². The Hall–Kier alpha value is -3.12. The van der Waals surface area contributed by atoms with E-state index in [2.05, 4.69) is 0 Å². The van der Waals surface area contributed by atoms with E-state index in [4.69, 9.17) is 9.47 Å². The van der Waals surface area contributed by atoms with Gasteiger partial charge in [0.05, 0.1) is 18.7 Å². The molecular formula is C23H25NO5. The van der Waals surface area contributed by atoms with Gasteiger partial charge in [-0.15, -0.1) is 0 Å². The van der Waals surface area contributed by atoms with E-state index in [0.29, 0.717) is 30.9 Å². The average molecular weight is 395 g/mol. The smallest absolute Gasteiger partial charge is 0.295 e. The van der Waals surface area contributed by atoms with Gasteiger partial charge in [0.1, 0.15) is 11.5 Å². The number of aliphatic hydroxyl groups excluding tert-OH is 1. The summed E-state index contributed by atoms with van der Waals surface area (Å²) in [6, 6.07) is 13.7. The van der Waals surface area contributed by atoms with Crippen LogP contribution >= 0.6 is 0 Å². The first-order valence-corrected chi connectivity index (χ1v) is 9.46. The predicted octanol–water partition coefficient (Wildman–Crippen LogP) is 3.46. The molecule has 6 heteroatoms. The number of rotatable bonds is 7. The van der Waals surface area contributed by atoms with Crippen molar-refractivity contribution in [3.63, 3.8) is 0 Å². The Morgan fingerprint density at radius 1 is 1.03 bits per heavy atom. The zero-order chi connectivity index (χ0) is 21.0. The molecule has 1 fully saturated rings. The monoisotopic (exact) mass is 395 g/mol. The molecule has 0 saturated carbocycles. The summed E-state index contributed by atoms with van der Waals surface area (Å²) in [5, 5.41) is 11.0. The van der Waals surface area contributed by atoms with Gasteiger partial charge in [-0.1, -0.05) is 29.8 Å². The summed E-state index contributed by atoms with van der Waals surface area (Å²) in [7, 11) is 3.15. The summed E-state index contributed by atoms with van der Waals surface area (Å²) in [5.41, 5.74) is 2.40. The standard InChI is InChI=1S/C23H25NO5/c1-15-5-7-16(8-6-15)20-19(21(25)17-9-11-18(29-3)12-10-17)22(26)23(27)24(20)13-4-14-28-2/h5-12,20,25H,4,13-14H2,1-3H3/t20-/m1/s1. The second kappa shape index (κ2) is 8.92. The van der Waals surface area contributed by atoms with Gasteiger partial charge in [0, 0.05) is 25.8 Å². The number of Topliss-reactive ketones (excluding diaryl/α,β-unsaturated/α-hetero) is 1. The molecule has 3 rings (SSSR count). The molecule has 6 nitrogen and oxygen atoms in total. The molecule has 1 N–H and O–H groups in total. The second-order valence-electron chi connectivity index (χ2n) is 6.98. The molecule has 1 aliphatic heterocycles. The van der Waals surface area contributed by atoms with Crippen molar-refractivity contribution in [2.24, 2.45) is 0 Å². The van der Waals surface area contributed by atoms with Gasteiger partial charge in [0.25, 0.3) is 11.7 Å². The van der Waals surface area contributed by atoms with E-state index in [1.165, 1.54) is 4.90 Å². The summed E-state index contributed by atoms with van der Waals surface area (Å²) < 4.78 is 10.2. The molecule has 0 unspecified atom stereocenters. The number of carbonyl (C=O) groups excluding carboxylic acids is 2. The largest absolute Gasteiger partial charge is 0.507 e. The summed E-state index contributed by atoms with van der Waals surface area (Å²) in [4.78, 5) is 27.2. The van der Waals surface area contributed by atoms with Crippen LogP contribution in [0.1, 0.15) is 29.2 Å². The first kappa shape index (κ1) is 20.6. The number of carbonyl (C=O) groups is 2. The van der Waals surface area contributed by atoms with E-state index in [1.807, 2.05) is 31.2 Å². The van der Waals surface area contributed by atoms with E-state index >= 15 is 0 Å². The Labute approximate surface area is 170 Å². The van der Waals surface area contributed by atoms with Crippen LogP contribution in [0.15, 0.2) is 54.1 Å².